The van der Waals surface area contributed by atoms with Crippen LogP contribution in [0.3, 0.4) is 0 Å². The fourth-order valence-corrected chi connectivity index (χ4v) is 3.78. The van der Waals surface area contributed by atoms with Gasteiger partial charge in [0.05, 0.1) is 4.90 Å². The quantitative estimate of drug-likeness (QED) is 0.573. The van der Waals surface area contributed by atoms with Gasteiger partial charge in [-0.25, -0.2) is 13.1 Å². The van der Waals surface area contributed by atoms with Crippen LogP contribution in [-0.2, 0) is 10.0 Å². The molecule has 6 heteroatoms. The van der Waals surface area contributed by atoms with E-state index in [4.69, 9.17) is 11.6 Å². The zero-order chi connectivity index (χ0) is 13.4. The van der Waals surface area contributed by atoms with Gasteiger partial charge < -0.3 is 0 Å². The van der Waals surface area contributed by atoms with Crippen molar-refractivity contribution in [3.63, 3.8) is 0 Å². The molecule has 0 radical (unpaired) electrons. The lowest BCUT2D eigenvalue weighted by Crippen LogP contribution is -2.25. The molecule has 0 aliphatic carbocycles. The van der Waals surface area contributed by atoms with Gasteiger partial charge in [-0.05, 0) is 40.9 Å². The number of unbranched alkanes of at least 4 members (excludes halogenated alkanes) is 3. The Hall–Kier alpha value is -0.100. The molecular weight excluding hydrogens is 338 g/mol. The summed E-state index contributed by atoms with van der Waals surface area (Å²) in [4.78, 5) is 0.283. The molecule has 1 rings (SSSR count). The Morgan fingerprint density at radius 1 is 1.11 bits per heavy atom. The van der Waals surface area contributed by atoms with Crippen molar-refractivity contribution in [3.05, 3.63) is 28.7 Å². The van der Waals surface area contributed by atoms with E-state index in [1.54, 1.807) is 24.3 Å². The highest BCUT2D eigenvalue weighted by molar-refractivity contribution is 9.10. The lowest BCUT2D eigenvalue weighted by atomic mass is 10.2. The summed E-state index contributed by atoms with van der Waals surface area (Å²) in [6.07, 6.45) is 3.85. The molecule has 0 heterocycles. The Labute approximate surface area is 122 Å². The van der Waals surface area contributed by atoms with Crippen molar-refractivity contribution in [1.82, 2.24) is 4.72 Å². The third-order valence-corrected chi connectivity index (χ3v) is 5.22. The van der Waals surface area contributed by atoms with E-state index in [2.05, 4.69) is 20.7 Å². The van der Waals surface area contributed by atoms with Crippen molar-refractivity contribution in [1.29, 1.82) is 0 Å². The van der Waals surface area contributed by atoms with Crippen molar-refractivity contribution < 1.29 is 8.42 Å². The SMILES string of the molecule is O=S(=O)(NCCCCCCCl)c1ccccc1Br. The summed E-state index contributed by atoms with van der Waals surface area (Å²) in [5, 5.41) is 0. The number of sulfonamides is 1. The van der Waals surface area contributed by atoms with Crippen LogP contribution in [0, 0.1) is 0 Å². The maximum absolute atomic E-state index is 12.0. The van der Waals surface area contributed by atoms with Crippen molar-refractivity contribution in [2.45, 2.75) is 30.6 Å². The maximum Gasteiger partial charge on any atom is 0.241 e. The largest absolute Gasteiger partial charge is 0.241 e. The van der Waals surface area contributed by atoms with Gasteiger partial charge in [-0.3, -0.25) is 0 Å². The van der Waals surface area contributed by atoms with Gasteiger partial charge in [0.1, 0.15) is 0 Å². The zero-order valence-electron chi connectivity index (χ0n) is 10.0. The summed E-state index contributed by atoms with van der Waals surface area (Å²) in [6.45, 7) is 0.464. The van der Waals surface area contributed by atoms with Gasteiger partial charge in [-0.15, -0.1) is 11.6 Å². The Balaban J connectivity index is 2.44. The van der Waals surface area contributed by atoms with Crippen molar-refractivity contribution >= 4 is 37.6 Å². The average Bonchev–Trinajstić information content (AvgIpc) is 2.34. The van der Waals surface area contributed by atoms with Crippen LogP contribution in [-0.4, -0.2) is 20.8 Å². The lowest BCUT2D eigenvalue weighted by molar-refractivity contribution is 0.573. The smallest absolute Gasteiger partial charge is 0.211 e. The first-order chi connectivity index (χ1) is 8.58. The average molecular weight is 355 g/mol. The van der Waals surface area contributed by atoms with E-state index in [9.17, 15) is 8.42 Å². The number of hydrogen-bond donors (Lipinski definition) is 1. The van der Waals surface area contributed by atoms with E-state index >= 15 is 0 Å². The van der Waals surface area contributed by atoms with Crippen LogP contribution < -0.4 is 4.72 Å². The maximum atomic E-state index is 12.0. The predicted octanol–water partition coefficient (Wildman–Crippen LogP) is 3.53. The highest BCUT2D eigenvalue weighted by Crippen LogP contribution is 2.20. The Bertz CT molecular complexity index is 465. The summed E-state index contributed by atoms with van der Waals surface area (Å²) in [7, 11) is -3.41. The van der Waals surface area contributed by atoms with E-state index in [1.807, 2.05) is 0 Å². The molecule has 0 amide bonds. The van der Waals surface area contributed by atoms with Crippen LogP contribution >= 0.6 is 27.5 Å². The lowest BCUT2D eigenvalue weighted by Gasteiger charge is -2.08. The standard InChI is InChI=1S/C12H17BrClNO2S/c13-11-7-3-4-8-12(11)18(16,17)15-10-6-2-1-5-9-14/h3-4,7-8,15H,1-2,5-6,9-10H2. The monoisotopic (exact) mass is 353 g/mol. The minimum Gasteiger partial charge on any atom is -0.211 e. The molecule has 3 nitrogen and oxygen atoms in total. The van der Waals surface area contributed by atoms with E-state index < -0.39 is 10.0 Å². The normalized spacial score (nSPS) is 11.7. The second-order valence-electron chi connectivity index (χ2n) is 3.93. The Morgan fingerprint density at radius 2 is 1.78 bits per heavy atom. The van der Waals surface area contributed by atoms with Crippen LogP contribution in [0.2, 0.25) is 0 Å². The van der Waals surface area contributed by atoms with Crippen LogP contribution in [0.5, 0.6) is 0 Å². The van der Waals surface area contributed by atoms with Gasteiger partial charge in [0, 0.05) is 16.9 Å². The molecule has 0 unspecified atom stereocenters. The fourth-order valence-electron chi connectivity index (χ4n) is 1.52. The molecule has 0 aromatic heterocycles. The molecule has 0 bridgehead atoms. The van der Waals surface area contributed by atoms with Crippen LogP contribution in [0.4, 0.5) is 0 Å². The molecule has 0 fully saturated rings. The summed E-state index contributed by atoms with van der Waals surface area (Å²) in [6, 6.07) is 6.80. The molecule has 0 saturated heterocycles. The number of nitrogens with one attached hydrogen (secondary N) is 1. The molecule has 0 saturated carbocycles. The Morgan fingerprint density at radius 3 is 2.44 bits per heavy atom. The molecule has 18 heavy (non-hydrogen) atoms. The summed E-state index contributed by atoms with van der Waals surface area (Å²) >= 11 is 8.81. The molecule has 1 N–H and O–H groups in total. The number of rotatable bonds is 8. The van der Waals surface area contributed by atoms with Gasteiger partial charge in [-0.1, -0.05) is 25.0 Å². The second-order valence-corrected chi connectivity index (χ2v) is 6.90. The number of hydrogen-bond acceptors (Lipinski definition) is 2. The van der Waals surface area contributed by atoms with E-state index in [1.165, 1.54) is 0 Å². The van der Waals surface area contributed by atoms with Crippen molar-refractivity contribution in [2.24, 2.45) is 0 Å². The first-order valence-electron chi connectivity index (χ1n) is 5.88. The summed E-state index contributed by atoms with van der Waals surface area (Å²) < 4.78 is 27.1. The summed E-state index contributed by atoms with van der Waals surface area (Å²) in [5.41, 5.74) is 0. The third kappa shape index (κ3) is 5.26. The van der Waals surface area contributed by atoms with E-state index in [0.29, 0.717) is 16.9 Å². The molecule has 1 aromatic carbocycles. The number of alkyl halides is 1. The first kappa shape index (κ1) is 16.0. The fraction of sp³-hybridized carbons (Fsp3) is 0.500. The minimum atomic E-state index is -3.41. The molecule has 102 valence electrons. The van der Waals surface area contributed by atoms with E-state index in [-0.39, 0.29) is 4.90 Å². The number of benzene rings is 1. The predicted molar refractivity (Wildman–Crippen MR) is 78.5 cm³/mol. The van der Waals surface area contributed by atoms with Gasteiger partial charge in [0.2, 0.25) is 10.0 Å². The van der Waals surface area contributed by atoms with Crippen LogP contribution in [0.15, 0.2) is 33.6 Å². The molecule has 0 aliphatic rings. The molecule has 1 aromatic rings. The second kappa shape index (κ2) is 8.15. The topological polar surface area (TPSA) is 46.2 Å². The van der Waals surface area contributed by atoms with Gasteiger partial charge in [0.15, 0.2) is 0 Å². The highest BCUT2D eigenvalue weighted by Gasteiger charge is 2.15. The Kier molecular flexibility index (Phi) is 7.22. The number of halogens is 2. The van der Waals surface area contributed by atoms with Crippen LogP contribution in [0.25, 0.3) is 0 Å². The van der Waals surface area contributed by atoms with E-state index in [0.717, 1.165) is 25.7 Å². The van der Waals surface area contributed by atoms with Gasteiger partial charge in [-0.2, -0.15) is 0 Å². The third-order valence-electron chi connectivity index (χ3n) is 2.48. The molecule has 0 atom stereocenters. The first-order valence-corrected chi connectivity index (χ1v) is 8.69. The van der Waals surface area contributed by atoms with Crippen molar-refractivity contribution in [2.75, 3.05) is 12.4 Å². The highest BCUT2D eigenvalue weighted by atomic mass is 79.9. The molecule has 0 spiro atoms. The molecule has 0 aliphatic heterocycles. The minimum absolute atomic E-state index is 0.283. The zero-order valence-corrected chi connectivity index (χ0v) is 13.2. The molecular formula is C12H17BrClNO2S. The van der Waals surface area contributed by atoms with Gasteiger partial charge >= 0.3 is 0 Å². The summed E-state index contributed by atoms with van der Waals surface area (Å²) in [5.74, 6) is 0.669. The van der Waals surface area contributed by atoms with Crippen molar-refractivity contribution in [3.8, 4) is 0 Å². The van der Waals surface area contributed by atoms with Crippen LogP contribution in [0.1, 0.15) is 25.7 Å². The van der Waals surface area contributed by atoms with Gasteiger partial charge in [0.25, 0.3) is 0 Å².